The molecular weight excluding hydrogens is 610 g/mol. The molecule has 0 aliphatic heterocycles. The lowest BCUT2D eigenvalue weighted by Gasteiger charge is -2.20. The van der Waals surface area contributed by atoms with Gasteiger partial charge in [-0.3, -0.25) is 9.97 Å². The Morgan fingerprint density at radius 2 is 1.85 bits per heavy atom. The van der Waals surface area contributed by atoms with E-state index in [1.165, 1.54) is 6.21 Å². The minimum absolute atomic E-state index is 0.324. The van der Waals surface area contributed by atoms with Crippen molar-refractivity contribution in [3.63, 3.8) is 0 Å². The van der Waals surface area contributed by atoms with Gasteiger partial charge in [0.25, 0.3) is 0 Å². The fourth-order valence-electron chi connectivity index (χ4n) is 4.20. The van der Waals surface area contributed by atoms with E-state index in [1.54, 1.807) is 58.3 Å². The molecule has 0 saturated heterocycles. The van der Waals surface area contributed by atoms with Gasteiger partial charge in [-0.1, -0.05) is 7.92 Å². The molecule has 2 aromatic heterocycles. The first-order valence-corrected chi connectivity index (χ1v) is 17.8. The fraction of sp³-hybridized carbons (Fsp3) is 0.222. The number of rotatable bonds is 10. The Kier molecular flexibility index (Phi) is 9.19. The number of hydrogen-bond donors (Lipinski definition) is 4. The van der Waals surface area contributed by atoms with Gasteiger partial charge >= 0.3 is 0 Å². The van der Waals surface area contributed by atoms with Crippen molar-refractivity contribution in [2.75, 3.05) is 51.5 Å². The Hall–Kier alpha value is -3.39. The van der Waals surface area contributed by atoms with Crippen LogP contribution in [0.4, 0.5) is 23.1 Å². The predicted molar refractivity (Wildman–Crippen MR) is 172 cm³/mol. The first-order valence-electron chi connectivity index (χ1n) is 12.2. The second-order valence-electron chi connectivity index (χ2n) is 9.37. The highest BCUT2D eigenvalue weighted by atomic mass is 79.9. The highest BCUT2D eigenvalue weighted by Gasteiger charge is 2.22. The predicted octanol–water partition coefficient (Wildman–Crippen LogP) is 5.50. The quantitative estimate of drug-likeness (QED) is 0.131. The van der Waals surface area contributed by atoms with Crippen LogP contribution in [0.25, 0.3) is 16.6 Å². The number of hydrogen-bond acceptors (Lipinski definition) is 10. The third kappa shape index (κ3) is 6.33. The maximum atomic E-state index is 13.2. The summed E-state index contributed by atoms with van der Waals surface area (Å²) in [4.78, 5) is 18.2. The van der Waals surface area contributed by atoms with Gasteiger partial charge in [-0.15, -0.1) is 0 Å². The van der Waals surface area contributed by atoms with Crippen LogP contribution in [-0.4, -0.2) is 67.0 Å². The minimum Gasteiger partial charge on any atom is -0.495 e. The van der Waals surface area contributed by atoms with Crippen molar-refractivity contribution in [3.05, 3.63) is 59.1 Å². The van der Waals surface area contributed by atoms with Crippen LogP contribution >= 0.6 is 31.0 Å². The zero-order chi connectivity index (χ0) is 29.0. The lowest BCUT2D eigenvalue weighted by atomic mass is 10.1. The molecule has 2 aromatic carbocycles. The van der Waals surface area contributed by atoms with E-state index in [9.17, 15) is 4.57 Å². The van der Waals surface area contributed by atoms with Crippen LogP contribution in [0.15, 0.2) is 53.5 Å². The van der Waals surface area contributed by atoms with Crippen LogP contribution < -0.4 is 31.3 Å². The molecule has 0 aliphatic rings. The Labute approximate surface area is 243 Å². The maximum absolute atomic E-state index is 13.2. The first-order chi connectivity index (χ1) is 19.1. The lowest BCUT2D eigenvalue weighted by Crippen LogP contribution is -2.14. The summed E-state index contributed by atoms with van der Waals surface area (Å²) >= 11 is 3.57. The zero-order valence-electron chi connectivity index (χ0n) is 23.1. The lowest BCUT2D eigenvalue weighted by molar-refractivity contribution is 0.417. The molecule has 0 aliphatic carbocycles. The Balaban J connectivity index is 1.77. The molecule has 4 N–H and O–H groups in total. The molecule has 0 radical (unpaired) electrons. The van der Waals surface area contributed by atoms with Crippen LogP contribution in [0.5, 0.6) is 5.75 Å². The van der Waals surface area contributed by atoms with Gasteiger partial charge in [-0.05, 0) is 72.4 Å². The summed E-state index contributed by atoms with van der Waals surface area (Å²) in [5.41, 5.74) is 4.40. The molecule has 10 nitrogen and oxygen atoms in total. The number of allylic oxidation sites excluding steroid dienone is 1. The van der Waals surface area contributed by atoms with Crippen molar-refractivity contribution in [2.45, 2.75) is 0 Å². The molecule has 0 spiro atoms. The van der Waals surface area contributed by atoms with E-state index in [2.05, 4.69) is 60.2 Å². The van der Waals surface area contributed by atoms with Gasteiger partial charge in [0, 0.05) is 59.9 Å². The summed E-state index contributed by atoms with van der Waals surface area (Å²) in [6.07, 6.45) is 7.97. The van der Waals surface area contributed by atoms with Gasteiger partial charge in [0.1, 0.15) is 18.7 Å². The van der Waals surface area contributed by atoms with Gasteiger partial charge in [0.05, 0.1) is 28.3 Å². The van der Waals surface area contributed by atoms with Crippen LogP contribution in [-0.2, 0) is 4.57 Å². The fourth-order valence-corrected chi connectivity index (χ4v) is 6.90. The molecule has 208 valence electrons. The van der Waals surface area contributed by atoms with Crippen LogP contribution in [0, 0.1) is 5.41 Å². The molecule has 4 aromatic rings. The van der Waals surface area contributed by atoms with Crippen molar-refractivity contribution in [3.8, 4) is 5.75 Å². The molecule has 0 amide bonds. The standard InChI is InChI=1S/C27H31BrN8O2P2/c1-30-14-16(13-29)17-11-21(22(38-2)12-23(17)40(5,6)37)35-27-33-15-18(28)26(36-27)34-20-8-7-19-24(25(20)39(3)4)32-10-9-31-19/h7-15,29-30H,1-6H3,(H2,33,34,35,36)/b16-14+,29-13?. The van der Waals surface area contributed by atoms with E-state index in [0.717, 1.165) is 22.0 Å². The summed E-state index contributed by atoms with van der Waals surface area (Å²) in [6.45, 7) is 7.74. The zero-order valence-corrected chi connectivity index (χ0v) is 26.4. The van der Waals surface area contributed by atoms with Gasteiger partial charge in [0.2, 0.25) is 5.95 Å². The number of aromatic nitrogens is 4. The molecule has 0 unspecified atom stereocenters. The van der Waals surface area contributed by atoms with Gasteiger partial charge in [-0.25, -0.2) is 4.98 Å². The summed E-state index contributed by atoms with van der Waals surface area (Å²) < 4.78 is 19.5. The molecule has 0 saturated carbocycles. The van der Waals surface area contributed by atoms with Crippen LogP contribution in [0.1, 0.15) is 5.56 Å². The average molecular weight is 641 g/mol. The molecule has 0 bridgehead atoms. The number of nitrogens with one attached hydrogen (secondary N) is 4. The van der Waals surface area contributed by atoms with Gasteiger partial charge in [0.15, 0.2) is 0 Å². The summed E-state index contributed by atoms with van der Waals surface area (Å²) in [5.74, 6) is 1.37. The minimum atomic E-state index is -2.71. The Morgan fingerprint density at radius 1 is 1.10 bits per heavy atom. The number of nitrogens with zero attached hydrogens (tertiary/aromatic N) is 4. The normalized spacial score (nSPS) is 11.9. The van der Waals surface area contributed by atoms with E-state index in [-0.39, 0.29) is 0 Å². The van der Waals surface area contributed by atoms with E-state index >= 15 is 0 Å². The van der Waals surface area contributed by atoms with Gasteiger partial charge in [-0.2, -0.15) is 4.98 Å². The van der Waals surface area contributed by atoms with Crippen molar-refractivity contribution >= 4 is 87.6 Å². The number of benzene rings is 2. The van der Waals surface area contributed by atoms with E-state index in [1.807, 2.05) is 18.2 Å². The van der Waals surface area contributed by atoms with Gasteiger partial charge < -0.3 is 30.7 Å². The largest absolute Gasteiger partial charge is 0.495 e. The number of halogens is 1. The van der Waals surface area contributed by atoms with E-state index < -0.39 is 15.1 Å². The SMILES string of the molecule is CN/C=C(\C=N)c1cc(Nc2ncc(Br)c(Nc3ccc4nccnc4c3P(C)C)n2)c(OC)cc1P(C)(C)=O. The third-order valence-electron chi connectivity index (χ3n) is 5.97. The maximum Gasteiger partial charge on any atom is 0.229 e. The molecule has 4 rings (SSSR count). The molecule has 13 heteroatoms. The van der Waals surface area contributed by atoms with Crippen molar-refractivity contribution in [2.24, 2.45) is 0 Å². The third-order valence-corrected chi connectivity index (χ3v) is 9.43. The van der Waals surface area contributed by atoms with E-state index in [0.29, 0.717) is 44.1 Å². The van der Waals surface area contributed by atoms with Crippen molar-refractivity contribution in [1.29, 1.82) is 5.41 Å². The second kappa shape index (κ2) is 12.4. The molecule has 0 fully saturated rings. The monoisotopic (exact) mass is 640 g/mol. The highest BCUT2D eigenvalue weighted by molar-refractivity contribution is 9.10. The van der Waals surface area contributed by atoms with Crippen LogP contribution in [0.3, 0.4) is 0 Å². The average Bonchev–Trinajstić information content (AvgIpc) is 2.92. The topological polar surface area (TPSA) is 138 Å². The number of methoxy groups -OCH3 is 1. The summed E-state index contributed by atoms with van der Waals surface area (Å²) in [5, 5.41) is 19.3. The molecule has 0 atom stereocenters. The number of ether oxygens (including phenoxy) is 1. The second-order valence-corrected chi connectivity index (χ2v) is 15.6. The van der Waals surface area contributed by atoms with E-state index in [4.69, 9.17) is 15.1 Å². The van der Waals surface area contributed by atoms with Crippen molar-refractivity contribution in [1.82, 2.24) is 25.3 Å². The smallest absolute Gasteiger partial charge is 0.229 e. The summed E-state index contributed by atoms with van der Waals surface area (Å²) in [6, 6.07) is 7.48. The molecule has 2 heterocycles. The molecular formula is C27H31BrN8O2P2. The number of anilines is 4. The highest BCUT2D eigenvalue weighted by Crippen LogP contribution is 2.42. The van der Waals surface area contributed by atoms with Crippen LogP contribution in [0.2, 0.25) is 0 Å². The molecule has 40 heavy (non-hydrogen) atoms. The Bertz CT molecular complexity index is 1660. The Morgan fingerprint density at radius 3 is 2.50 bits per heavy atom. The van der Waals surface area contributed by atoms with Crippen molar-refractivity contribution < 1.29 is 9.30 Å². The number of fused-ring (bicyclic) bond motifs is 1. The first kappa shape index (κ1) is 29.6. The summed E-state index contributed by atoms with van der Waals surface area (Å²) in [7, 11) is 0.0821.